The van der Waals surface area contributed by atoms with E-state index in [2.05, 4.69) is 15.1 Å². The molecule has 2 aliphatic heterocycles. The first kappa shape index (κ1) is 24.8. The lowest BCUT2D eigenvalue weighted by Crippen LogP contribution is -2.49. The lowest BCUT2D eigenvalue weighted by Gasteiger charge is -2.39. The van der Waals surface area contributed by atoms with Crippen molar-refractivity contribution >= 4 is 15.7 Å². The normalized spacial score (nSPS) is 23.3. The first-order valence-corrected chi connectivity index (χ1v) is 13.6. The molecule has 3 aromatic rings. The van der Waals surface area contributed by atoms with Crippen LogP contribution in [0.25, 0.3) is 0 Å². The summed E-state index contributed by atoms with van der Waals surface area (Å²) >= 11 is 0. The monoisotopic (exact) mass is 519 g/mol. The third kappa shape index (κ3) is 4.86. The van der Waals surface area contributed by atoms with Crippen LogP contribution in [-0.4, -0.2) is 53.0 Å². The van der Waals surface area contributed by atoms with Gasteiger partial charge in [-0.3, -0.25) is 0 Å². The molecule has 3 heterocycles. The zero-order chi connectivity index (χ0) is 25.3. The molecule has 0 bridgehead atoms. The molecular weight excluding hydrogens is 491 g/mol. The summed E-state index contributed by atoms with van der Waals surface area (Å²) < 4.78 is 72.6. The fourth-order valence-corrected chi connectivity index (χ4v) is 7.44. The second-order valence-electron chi connectivity index (χ2n) is 9.37. The second-order valence-corrected chi connectivity index (χ2v) is 11.4. The molecule has 5 rings (SSSR count). The van der Waals surface area contributed by atoms with E-state index in [-0.39, 0.29) is 24.4 Å². The summed E-state index contributed by atoms with van der Waals surface area (Å²) in [5, 5.41) is 6.77. The number of halogens is 3. The molecule has 36 heavy (non-hydrogen) atoms. The van der Waals surface area contributed by atoms with Crippen LogP contribution in [-0.2, 0) is 16.6 Å². The number of sulfonamides is 1. The number of hydrogen-bond acceptors (Lipinski definition) is 5. The average Bonchev–Trinajstić information content (AvgIpc) is 3.41. The summed E-state index contributed by atoms with van der Waals surface area (Å²) in [6, 6.07) is 12.0. The van der Waals surface area contributed by atoms with Crippen LogP contribution in [0.2, 0.25) is 0 Å². The van der Waals surface area contributed by atoms with Crippen molar-refractivity contribution in [3.63, 3.8) is 0 Å². The number of nitrogens with zero attached hydrogens (tertiary/aromatic N) is 5. The van der Waals surface area contributed by atoms with Crippen molar-refractivity contribution in [1.29, 1.82) is 0 Å². The minimum absolute atomic E-state index is 0.0114. The molecule has 0 radical (unpaired) electrons. The molecule has 2 aliphatic rings. The van der Waals surface area contributed by atoms with E-state index < -0.39 is 40.1 Å². The molecule has 0 amide bonds. The van der Waals surface area contributed by atoms with Gasteiger partial charge in [-0.1, -0.05) is 36.4 Å². The van der Waals surface area contributed by atoms with Crippen LogP contribution < -0.4 is 4.90 Å². The van der Waals surface area contributed by atoms with E-state index in [0.717, 1.165) is 17.1 Å². The maximum absolute atomic E-state index is 15.2. The minimum atomic E-state index is -4.12. The summed E-state index contributed by atoms with van der Waals surface area (Å²) in [4.78, 5) is 2.07. The molecule has 11 heteroatoms. The van der Waals surface area contributed by atoms with Gasteiger partial charge in [0, 0.05) is 36.9 Å². The van der Waals surface area contributed by atoms with Gasteiger partial charge in [0.1, 0.15) is 23.7 Å². The Morgan fingerprint density at radius 2 is 1.64 bits per heavy atom. The van der Waals surface area contributed by atoms with E-state index >= 15 is 4.39 Å². The van der Waals surface area contributed by atoms with Gasteiger partial charge in [0.25, 0.3) is 6.43 Å². The predicted octanol–water partition coefficient (Wildman–Crippen LogP) is 4.56. The van der Waals surface area contributed by atoms with Crippen molar-refractivity contribution in [2.45, 2.75) is 56.0 Å². The third-order valence-electron chi connectivity index (χ3n) is 7.29. The van der Waals surface area contributed by atoms with E-state index in [9.17, 15) is 17.2 Å². The van der Waals surface area contributed by atoms with Crippen molar-refractivity contribution in [2.24, 2.45) is 0 Å². The molecule has 0 unspecified atom stereocenters. The molecule has 1 aromatic heterocycles. The highest BCUT2D eigenvalue weighted by molar-refractivity contribution is 7.89. The van der Waals surface area contributed by atoms with Crippen molar-refractivity contribution in [3.05, 3.63) is 78.1 Å². The smallest absolute Gasteiger partial charge is 0.255 e. The Morgan fingerprint density at radius 3 is 2.28 bits per heavy atom. The van der Waals surface area contributed by atoms with Gasteiger partial charge in [-0.05, 0) is 43.4 Å². The van der Waals surface area contributed by atoms with E-state index in [1.807, 2.05) is 4.57 Å². The highest BCUT2D eigenvalue weighted by Gasteiger charge is 2.45. The average molecular weight is 520 g/mol. The third-order valence-corrected chi connectivity index (χ3v) is 9.57. The number of alkyl halides is 2. The SMILES string of the molecule is O=S1(=O)[C@H](c2ccccc2)CC[C@H](C(F)F)N1Cc1ccc(N2CCC(n3cnnc3)CC2)cc1F. The molecule has 7 nitrogen and oxygen atoms in total. The first-order valence-electron chi connectivity index (χ1n) is 12.1. The summed E-state index contributed by atoms with van der Waals surface area (Å²) in [5.41, 5.74) is 1.33. The number of benzene rings is 2. The molecule has 0 saturated carbocycles. The molecule has 0 spiro atoms. The van der Waals surface area contributed by atoms with Gasteiger partial charge in [-0.25, -0.2) is 21.6 Å². The maximum atomic E-state index is 15.2. The van der Waals surface area contributed by atoms with E-state index in [1.54, 1.807) is 49.1 Å². The van der Waals surface area contributed by atoms with Crippen LogP contribution in [0.5, 0.6) is 0 Å². The summed E-state index contributed by atoms with van der Waals surface area (Å²) in [7, 11) is -4.12. The van der Waals surface area contributed by atoms with E-state index in [1.165, 1.54) is 12.1 Å². The van der Waals surface area contributed by atoms with Gasteiger partial charge in [-0.2, -0.15) is 4.31 Å². The zero-order valence-electron chi connectivity index (χ0n) is 19.6. The summed E-state index contributed by atoms with van der Waals surface area (Å²) in [6.07, 6.45) is 2.35. The molecule has 2 aromatic carbocycles. The number of anilines is 1. The van der Waals surface area contributed by atoms with Gasteiger partial charge in [0.05, 0.1) is 6.04 Å². The largest absolute Gasteiger partial charge is 0.371 e. The predicted molar refractivity (Wildman–Crippen MR) is 130 cm³/mol. The van der Waals surface area contributed by atoms with Gasteiger partial charge in [0.2, 0.25) is 10.0 Å². The Kier molecular flexibility index (Phi) is 7.03. The Morgan fingerprint density at radius 1 is 0.944 bits per heavy atom. The topological polar surface area (TPSA) is 71.3 Å². The fraction of sp³-hybridized carbons (Fsp3) is 0.440. The fourth-order valence-electron chi connectivity index (χ4n) is 5.28. The van der Waals surface area contributed by atoms with Crippen molar-refractivity contribution in [3.8, 4) is 0 Å². The van der Waals surface area contributed by atoms with Crippen molar-refractivity contribution < 1.29 is 21.6 Å². The highest BCUT2D eigenvalue weighted by Crippen LogP contribution is 2.40. The Bertz CT molecular complexity index is 1270. The number of aromatic nitrogens is 3. The van der Waals surface area contributed by atoms with Gasteiger partial charge >= 0.3 is 0 Å². The Balaban J connectivity index is 1.34. The number of hydrogen-bond donors (Lipinski definition) is 0. The molecule has 192 valence electrons. The maximum Gasteiger partial charge on any atom is 0.255 e. The van der Waals surface area contributed by atoms with Crippen LogP contribution in [0.3, 0.4) is 0 Å². The summed E-state index contributed by atoms with van der Waals surface area (Å²) in [5.74, 6) is -0.599. The second kappa shape index (κ2) is 10.2. The minimum Gasteiger partial charge on any atom is -0.371 e. The summed E-state index contributed by atoms with van der Waals surface area (Å²) in [6.45, 7) is 1.01. The molecule has 2 atom stereocenters. The zero-order valence-corrected chi connectivity index (χ0v) is 20.4. The Labute approximate surface area is 208 Å². The van der Waals surface area contributed by atoms with Crippen LogP contribution in [0.4, 0.5) is 18.9 Å². The van der Waals surface area contributed by atoms with Crippen molar-refractivity contribution in [1.82, 2.24) is 19.1 Å². The van der Waals surface area contributed by atoms with Crippen LogP contribution in [0.15, 0.2) is 61.2 Å². The number of piperidine rings is 1. The van der Waals surface area contributed by atoms with E-state index in [4.69, 9.17) is 0 Å². The number of rotatable bonds is 6. The lowest BCUT2D eigenvalue weighted by molar-refractivity contribution is 0.0473. The van der Waals surface area contributed by atoms with Gasteiger partial charge in [-0.15, -0.1) is 10.2 Å². The van der Waals surface area contributed by atoms with Crippen LogP contribution in [0, 0.1) is 5.82 Å². The van der Waals surface area contributed by atoms with Gasteiger partial charge in [0.15, 0.2) is 0 Å². The lowest BCUT2D eigenvalue weighted by atomic mass is 10.0. The van der Waals surface area contributed by atoms with E-state index in [0.29, 0.717) is 24.3 Å². The quantitative estimate of drug-likeness (QED) is 0.478. The molecule has 0 N–H and O–H groups in total. The molecule has 2 saturated heterocycles. The van der Waals surface area contributed by atoms with Gasteiger partial charge < -0.3 is 9.47 Å². The highest BCUT2D eigenvalue weighted by atomic mass is 32.2. The Hall–Kier alpha value is -2.92. The van der Waals surface area contributed by atoms with Crippen LogP contribution >= 0.6 is 0 Å². The molecule has 0 aliphatic carbocycles. The molecular formula is C25H28F3N5O2S. The standard InChI is InChI=1S/C25H28F3N5O2S/c26-22-14-21(31-12-10-20(11-13-31)32-16-29-30-17-32)7-6-19(22)15-33-23(25(27)28)8-9-24(36(33,34)35)18-4-2-1-3-5-18/h1-7,14,16-17,20,23-25H,8-13,15H2/t23-,24+/m1/s1. The molecule has 2 fully saturated rings. The van der Waals surface area contributed by atoms with Crippen LogP contribution in [0.1, 0.15) is 48.1 Å². The van der Waals surface area contributed by atoms with Crippen molar-refractivity contribution in [2.75, 3.05) is 18.0 Å². The first-order chi connectivity index (χ1) is 17.3.